The Hall–Kier alpha value is -0.0400. The molecular weight excluding hydrogens is 353 g/mol. The van der Waals surface area contributed by atoms with Gasteiger partial charge in [-0.25, -0.2) is 0 Å². The van der Waals surface area contributed by atoms with Gasteiger partial charge in [0.25, 0.3) is 0 Å². The number of rotatable bonds is 11. The van der Waals surface area contributed by atoms with E-state index in [4.69, 9.17) is 10.5 Å². The molecule has 0 spiro atoms. The highest BCUT2D eigenvalue weighted by Gasteiger charge is 2.01. The molecule has 0 aromatic carbocycles. The van der Waals surface area contributed by atoms with Gasteiger partial charge in [0.15, 0.2) is 5.96 Å². The summed E-state index contributed by atoms with van der Waals surface area (Å²) in [5.41, 5.74) is 5.74. The fourth-order valence-corrected chi connectivity index (χ4v) is 1.78. The molecule has 19 heavy (non-hydrogen) atoms. The summed E-state index contributed by atoms with van der Waals surface area (Å²) in [6, 6.07) is 0. The third-order valence-corrected chi connectivity index (χ3v) is 2.99. The van der Waals surface area contributed by atoms with Crippen molar-refractivity contribution in [2.75, 3.05) is 26.8 Å². The van der Waals surface area contributed by atoms with Gasteiger partial charge in [-0.2, -0.15) is 0 Å². The first-order valence-corrected chi connectivity index (χ1v) is 7.23. The molecule has 1 unspecified atom stereocenters. The number of methoxy groups -OCH3 is 1. The largest absolute Gasteiger partial charge is 0.383 e. The predicted octanol–water partition coefficient (Wildman–Crippen LogP) is 3.15. The van der Waals surface area contributed by atoms with Crippen molar-refractivity contribution in [1.82, 2.24) is 5.32 Å². The van der Waals surface area contributed by atoms with Crippen LogP contribution in [0.1, 0.15) is 52.4 Å². The number of hydrogen-bond acceptors (Lipinski definition) is 2. The number of aliphatic imine (C=N–C) groups is 1. The van der Waals surface area contributed by atoms with Gasteiger partial charge in [0.2, 0.25) is 0 Å². The summed E-state index contributed by atoms with van der Waals surface area (Å²) < 4.78 is 4.93. The Balaban J connectivity index is 0. The van der Waals surface area contributed by atoms with Crippen molar-refractivity contribution >= 4 is 29.9 Å². The number of nitrogens with one attached hydrogen (secondary N) is 1. The quantitative estimate of drug-likeness (QED) is 0.249. The van der Waals surface area contributed by atoms with E-state index in [2.05, 4.69) is 24.2 Å². The van der Waals surface area contributed by atoms with Gasteiger partial charge in [-0.05, 0) is 12.3 Å². The monoisotopic (exact) mass is 385 g/mol. The fourth-order valence-electron chi connectivity index (χ4n) is 1.78. The first-order chi connectivity index (χ1) is 8.70. The molecule has 4 nitrogen and oxygen atoms in total. The first kappa shape index (κ1) is 21.3. The zero-order chi connectivity index (χ0) is 13.6. The van der Waals surface area contributed by atoms with Crippen molar-refractivity contribution in [1.29, 1.82) is 0 Å². The van der Waals surface area contributed by atoms with E-state index < -0.39 is 0 Å². The van der Waals surface area contributed by atoms with Gasteiger partial charge in [-0.1, -0.05) is 46.0 Å². The molecular formula is C14H32IN3O. The van der Waals surface area contributed by atoms with Gasteiger partial charge in [0, 0.05) is 20.2 Å². The second-order valence-electron chi connectivity index (χ2n) is 4.95. The summed E-state index contributed by atoms with van der Waals surface area (Å²) in [5.74, 6) is 1.15. The van der Waals surface area contributed by atoms with Gasteiger partial charge in [-0.15, -0.1) is 24.0 Å². The summed E-state index contributed by atoms with van der Waals surface area (Å²) in [6.45, 7) is 6.68. The molecule has 0 amide bonds. The van der Waals surface area contributed by atoms with Crippen molar-refractivity contribution < 1.29 is 4.74 Å². The molecule has 0 aliphatic heterocycles. The first-order valence-electron chi connectivity index (χ1n) is 7.23. The minimum Gasteiger partial charge on any atom is -0.383 e. The van der Waals surface area contributed by atoms with E-state index in [0.29, 0.717) is 18.5 Å². The summed E-state index contributed by atoms with van der Waals surface area (Å²) in [6.07, 6.45) is 7.95. The molecule has 5 heteroatoms. The Kier molecular flexibility index (Phi) is 17.9. The van der Waals surface area contributed by atoms with Gasteiger partial charge in [-0.3, -0.25) is 4.99 Å². The lowest BCUT2D eigenvalue weighted by molar-refractivity contribution is 0.204. The summed E-state index contributed by atoms with van der Waals surface area (Å²) in [4.78, 5) is 4.34. The zero-order valence-electron chi connectivity index (χ0n) is 12.8. The molecule has 0 rings (SSSR count). The minimum atomic E-state index is 0. The highest BCUT2D eigenvalue weighted by molar-refractivity contribution is 14.0. The van der Waals surface area contributed by atoms with E-state index in [9.17, 15) is 0 Å². The van der Waals surface area contributed by atoms with E-state index in [1.54, 1.807) is 7.11 Å². The van der Waals surface area contributed by atoms with Crippen molar-refractivity contribution in [3.05, 3.63) is 0 Å². The molecule has 0 aliphatic rings. The van der Waals surface area contributed by atoms with Crippen LogP contribution in [-0.4, -0.2) is 32.8 Å². The third kappa shape index (κ3) is 15.9. The van der Waals surface area contributed by atoms with E-state index in [-0.39, 0.29) is 24.0 Å². The molecule has 1 atom stereocenters. The van der Waals surface area contributed by atoms with Crippen molar-refractivity contribution in [2.24, 2.45) is 16.6 Å². The molecule has 0 saturated heterocycles. The lowest BCUT2D eigenvalue weighted by Gasteiger charge is -2.09. The number of halogens is 1. The van der Waals surface area contributed by atoms with E-state index in [1.165, 1.54) is 38.5 Å². The average molecular weight is 385 g/mol. The third-order valence-electron chi connectivity index (χ3n) is 2.99. The van der Waals surface area contributed by atoms with Crippen LogP contribution in [0.2, 0.25) is 0 Å². The van der Waals surface area contributed by atoms with E-state index in [0.717, 1.165) is 13.1 Å². The second kappa shape index (κ2) is 16.0. The smallest absolute Gasteiger partial charge is 0.188 e. The predicted molar refractivity (Wildman–Crippen MR) is 94.3 cm³/mol. The molecule has 116 valence electrons. The maximum Gasteiger partial charge on any atom is 0.188 e. The lowest BCUT2D eigenvalue weighted by atomic mass is 10.0. The van der Waals surface area contributed by atoms with Crippen molar-refractivity contribution in [2.45, 2.75) is 52.4 Å². The molecule has 0 fully saturated rings. The topological polar surface area (TPSA) is 59.6 Å². The highest BCUT2D eigenvalue weighted by Crippen LogP contribution is 2.11. The van der Waals surface area contributed by atoms with Crippen LogP contribution in [0.25, 0.3) is 0 Å². The van der Waals surface area contributed by atoms with Crippen LogP contribution in [-0.2, 0) is 4.74 Å². The van der Waals surface area contributed by atoms with Crippen LogP contribution in [0.4, 0.5) is 0 Å². The average Bonchev–Trinajstić information content (AvgIpc) is 2.36. The maximum absolute atomic E-state index is 5.74. The molecule has 0 aromatic heterocycles. The zero-order valence-corrected chi connectivity index (χ0v) is 15.1. The van der Waals surface area contributed by atoms with Gasteiger partial charge in [0.1, 0.15) is 0 Å². The number of hydrogen-bond donors (Lipinski definition) is 2. The Bertz CT molecular complexity index is 213. The number of guanidine groups is 1. The molecule has 0 radical (unpaired) electrons. The number of nitrogens with two attached hydrogens (primary N) is 1. The Morgan fingerprint density at radius 3 is 2.58 bits per heavy atom. The Morgan fingerprint density at radius 1 is 1.26 bits per heavy atom. The van der Waals surface area contributed by atoms with E-state index >= 15 is 0 Å². The molecule has 0 heterocycles. The molecule has 0 bridgehead atoms. The van der Waals surface area contributed by atoms with Crippen molar-refractivity contribution in [3.8, 4) is 0 Å². The van der Waals surface area contributed by atoms with Gasteiger partial charge >= 0.3 is 0 Å². The number of unbranched alkanes of at least 4 members (excludes halogenated alkanes) is 4. The highest BCUT2D eigenvalue weighted by atomic mass is 127. The number of ether oxygens (including phenoxy) is 1. The van der Waals surface area contributed by atoms with Crippen LogP contribution < -0.4 is 11.1 Å². The minimum absolute atomic E-state index is 0. The second-order valence-corrected chi connectivity index (χ2v) is 4.95. The summed E-state index contributed by atoms with van der Waals surface area (Å²) in [5, 5.41) is 3.03. The fraction of sp³-hybridized carbons (Fsp3) is 0.929. The van der Waals surface area contributed by atoms with Crippen LogP contribution in [0.5, 0.6) is 0 Å². The Labute approximate surface area is 136 Å². The van der Waals surface area contributed by atoms with Crippen LogP contribution >= 0.6 is 24.0 Å². The van der Waals surface area contributed by atoms with Gasteiger partial charge in [0.05, 0.1) is 6.61 Å². The molecule has 0 aliphatic carbocycles. The maximum atomic E-state index is 5.74. The lowest BCUT2D eigenvalue weighted by Crippen LogP contribution is -2.34. The number of nitrogens with zero attached hydrogens (tertiary/aromatic N) is 1. The van der Waals surface area contributed by atoms with Gasteiger partial charge < -0.3 is 15.8 Å². The van der Waals surface area contributed by atoms with Crippen molar-refractivity contribution in [3.63, 3.8) is 0 Å². The molecule has 0 aromatic rings. The standard InChI is InChI=1S/C14H31N3O.HI/c1-4-5-6-7-8-9-13(2)12-17-14(15)16-10-11-18-3;/h13H,4-12H2,1-3H3,(H3,15,16,17);1H. The summed E-state index contributed by atoms with van der Waals surface area (Å²) >= 11 is 0. The Morgan fingerprint density at radius 2 is 1.95 bits per heavy atom. The van der Waals surface area contributed by atoms with Crippen LogP contribution in [0.15, 0.2) is 4.99 Å². The SMILES string of the molecule is CCCCCCCC(C)CN=C(N)NCCOC.I. The van der Waals surface area contributed by atoms with E-state index in [1.807, 2.05) is 0 Å². The summed E-state index contributed by atoms with van der Waals surface area (Å²) in [7, 11) is 1.68. The normalized spacial score (nSPS) is 12.9. The molecule has 3 N–H and O–H groups in total. The van der Waals surface area contributed by atoms with Crippen LogP contribution in [0, 0.1) is 5.92 Å². The van der Waals surface area contributed by atoms with Crippen LogP contribution in [0.3, 0.4) is 0 Å². The molecule has 0 saturated carbocycles.